The predicted octanol–water partition coefficient (Wildman–Crippen LogP) is 2.22. The Bertz CT molecular complexity index is 369. The molecule has 0 saturated carbocycles. The maximum Gasteiger partial charge on any atom is 0.358 e. The summed E-state index contributed by atoms with van der Waals surface area (Å²) >= 11 is 11.5. The number of hydrogen-bond acceptors (Lipinski definition) is 4. The van der Waals surface area contributed by atoms with Gasteiger partial charge in [-0.25, -0.2) is 9.78 Å². The highest BCUT2D eigenvalue weighted by Crippen LogP contribution is 2.27. The highest BCUT2D eigenvalue weighted by atomic mass is 35.5. The number of anilines is 1. The average Bonchev–Trinajstić information content (AvgIpc) is 2.15. The van der Waals surface area contributed by atoms with Crippen LogP contribution in [-0.2, 0) is 4.74 Å². The maximum absolute atomic E-state index is 11.3. The molecule has 0 radical (unpaired) electrons. The standard InChI is InChI=1S/C8H8Cl2N2O2/c1-11-6-4(9)3-5(10)12-7(6)8(13)14-2/h3,11H,1-2H3. The van der Waals surface area contributed by atoms with Crippen LogP contribution in [-0.4, -0.2) is 25.1 Å². The molecule has 1 aromatic rings. The van der Waals surface area contributed by atoms with Crippen molar-refractivity contribution in [3.05, 3.63) is 21.9 Å². The van der Waals surface area contributed by atoms with Gasteiger partial charge in [-0.1, -0.05) is 23.2 Å². The molecule has 0 atom stereocenters. The van der Waals surface area contributed by atoms with E-state index in [9.17, 15) is 4.79 Å². The molecule has 0 saturated heterocycles. The minimum atomic E-state index is -0.584. The summed E-state index contributed by atoms with van der Waals surface area (Å²) in [5.74, 6) is -0.584. The largest absolute Gasteiger partial charge is 0.464 e. The molecule has 0 aliphatic heterocycles. The van der Waals surface area contributed by atoms with E-state index in [4.69, 9.17) is 23.2 Å². The quantitative estimate of drug-likeness (QED) is 0.630. The van der Waals surface area contributed by atoms with Gasteiger partial charge in [0.1, 0.15) is 5.15 Å². The van der Waals surface area contributed by atoms with Gasteiger partial charge in [0.15, 0.2) is 5.69 Å². The number of methoxy groups -OCH3 is 1. The second kappa shape index (κ2) is 4.48. The van der Waals surface area contributed by atoms with Gasteiger partial charge in [0, 0.05) is 7.05 Å². The molecule has 1 N–H and O–H groups in total. The third-order valence-electron chi connectivity index (χ3n) is 1.57. The molecule has 76 valence electrons. The second-order valence-corrected chi connectivity index (χ2v) is 3.19. The van der Waals surface area contributed by atoms with Crippen molar-refractivity contribution in [2.75, 3.05) is 19.5 Å². The van der Waals surface area contributed by atoms with E-state index >= 15 is 0 Å². The van der Waals surface area contributed by atoms with Crippen molar-refractivity contribution in [1.82, 2.24) is 4.98 Å². The topological polar surface area (TPSA) is 51.2 Å². The van der Waals surface area contributed by atoms with Crippen LogP contribution in [0.2, 0.25) is 10.2 Å². The predicted molar refractivity (Wildman–Crippen MR) is 55.1 cm³/mol. The number of nitrogens with zero attached hydrogens (tertiary/aromatic N) is 1. The highest BCUT2D eigenvalue weighted by Gasteiger charge is 2.16. The zero-order valence-corrected chi connectivity index (χ0v) is 9.11. The van der Waals surface area contributed by atoms with Crippen molar-refractivity contribution in [2.45, 2.75) is 0 Å². The van der Waals surface area contributed by atoms with Crippen molar-refractivity contribution in [2.24, 2.45) is 0 Å². The Morgan fingerprint density at radius 1 is 1.57 bits per heavy atom. The summed E-state index contributed by atoms with van der Waals surface area (Å²) in [5, 5.41) is 3.23. The van der Waals surface area contributed by atoms with Gasteiger partial charge in [-0.15, -0.1) is 0 Å². The van der Waals surface area contributed by atoms with E-state index in [2.05, 4.69) is 15.0 Å². The molecule has 0 amide bonds. The fourth-order valence-corrected chi connectivity index (χ4v) is 1.50. The number of nitrogens with one attached hydrogen (secondary N) is 1. The van der Waals surface area contributed by atoms with Crippen LogP contribution in [0.15, 0.2) is 6.07 Å². The lowest BCUT2D eigenvalue weighted by Crippen LogP contribution is -2.09. The monoisotopic (exact) mass is 234 g/mol. The van der Waals surface area contributed by atoms with Crippen LogP contribution in [0.4, 0.5) is 5.69 Å². The number of aromatic nitrogens is 1. The minimum absolute atomic E-state index is 0.0764. The van der Waals surface area contributed by atoms with Crippen molar-refractivity contribution in [1.29, 1.82) is 0 Å². The van der Waals surface area contributed by atoms with Gasteiger partial charge in [0.05, 0.1) is 17.8 Å². The Morgan fingerprint density at radius 3 is 2.71 bits per heavy atom. The van der Waals surface area contributed by atoms with Crippen molar-refractivity contribution < 1.29 is 9.53 Å². The number of pyridine rings is 1. The van der Waals surface area contributed by atoms with E-state index in [1.165, 1.54) is 13.2 Å². The van der Waals surface area contributed by atoms with E-state index < -0.39 is 5.97 Å². The van der Waals surface area contributed by atoms with E-state index in [-0.39, 0.29) is 10.8 Å². The van der Waals surface area contributed by atoms with Crippen LogP contribution < -0.4 is 5.32 Å². The number of halogens is 2. The average molecular weight is 235 g/mol. The summed E-state index contributed by atoms with van der Waals surface area (Å²) in [4.78, 5) is 15.1. The number of rotatable bonds is 2. The summed E-state index contributed by atoms with van der Waals surface area (Å²) in [6, 6.07) is 1.45. The van der Waals surface area contributed by atoms with Gasteiger partial charge in [0.25, 0.3) is 0 Å². The van der Waals surface area contributed by atoms with Crippen molar-refractivity contribution in [3.63, 3.8) is 0 Å². The molecule has 1 aromatic heterocycles. The first-order valence-electron chi connectivity index (χ1n) is 3.72. The third-order valence-corrected chi connectivity index (χ3v) is 2.06. The molecule has 1 rings (SSSR count). The minimum Gasteiger partial charge on any atom is -0.464 e. The Balaban J connectivity index is 3.32. The van der Waals surface area contributed by atoms with Gasteiger partial charge >= 0.3 is 5.97 Å². The Morgan fingerprint density at radius 2 is 2.21 bits per heavy atom. The number of ether oxygens (including phenoxy) is 1. The summed E-state index contributed by atoms with van der Waals surface area (Å²) in [6.07, 6.45) is 0. The molecule has 6 heteroatoms. The molecule has 0 aliphatic carbocycles. The summed E-state index contributed by atoms with van der Waals surface area (Å²) < 4.78 is 4.53. The Labute approximate surface area is 91.2 Å². The first-order valence-corrected chi connectivity index (χ1v) is 4.47. The van der Waals surface area contributed by atoms with Crippen LogP contribution in [0.5, 0.6) is 0 Å². The van der Waals surface area contributed by atoms with Crippen LogP contribution in [0.3, 0.4) is 0 Å². The molecule has 0 aliphatic rings. The number of esters is 1. The molecule has 0 spiro atoms. The lowest BCUT2D eigenvalue weighted by Gasteiger charge is -2.08. The number of hydrogen-bond donors (Lipinski definition) is 1. The fourth-order valence-electron chi connectivity index (χ4n) is 0.967. The van der Waals surface area contributed by atoms with E-state index in [0.717, 1.165) is 0 Å². The lowest BCUT2D eigenvalue weighted by molar-refractivity contribution is 0.0595. The SMILES string of the molecule is CNc1c(Cl)cc(Cl)nc1C(=O)OC. The summed E-state index contributed by atoms with van der Waals surface area (Å²) in [6.45, 7) is 0. The maximum atomic E-state index is 11.3. The van der Waals surface area contributed by atoms with E-state index in [1.807, 2.05) is 0 Å². The Hall–Kier alpha value is -1.00. The van der Waals surface area contributed by atoms with Gasteiger partial charge in [-0.3, -0.25) is 0 Å². The molecule has 0 unspecified atom stereocenters. The molecule has 14 heavy (non-hydrogen) atoms. The zero-order chi connectivity index (χ0) is 10.7. The molecule has 0 fully saturated rings. The van der Waals surface area contributed by atoms with Gasteiger partial charge in [-0.05, 0) is 6.07 Å². The first kappa shape index (κ1) is 11.1. The molecule has 0 aromatic carbocycles. The molecular weight excluding hydrogens is 227 g/mol. The van der Waals surface area contributed by atoms with Gasteiger partial charge < -0.3 is 10.1 Å². The van der Waals surface area contributed by atoms with Crippen LogP contribution >= 0.6 is 23.2 Å². The molecular formula is C8H8Cl2N2O2. The van der Waals surface area contributed by atoms with Crippen LogP contribution in [0.25, 0.3) is 0 Å². The summed E-state index contributed by atoms with van der Waals surface area (Å²) in [7, 11) is 2.89. The highest BCUT2D eigenvalue weighted by molar-refractivity contribution is 6.36. The first-order chi connectivity index (χ1) is 6.60. The van der Waals surface area contributed by atoms with Crippen molar-refractivity contribution >= 4 is 34.9 Å². The molecule has 1 heterocycles. The van der Waals surface area contributed by atoms with Crippen LogP contribution in [0.1, 0.15) is 10.5 Å². The van der Waals surface area contributed by atoms with Gasteiger partial charge in [0.2, 0.25) is 0 Å². The molecule has 4 nitrogen and oxygen atoms in total. The molecule has 0 bridgehead atoms. The van der Waals surface area contributed by atoms with Crippen LogP contribution in [0, 0.1) is 0 Å². The number of carbonyl (C=O) groups excluding carboxylic acids is 1. The fraction of sp³-hybridized carbons (Fsp3) is 0.250. The Kier molecular flexibility index (Phi) is 3.55. The van der Waals surface area contributed by atoms with E-state index in [0.29, 0.717) is 10.7 Å². The van der Waals surface area contributed by atoms with Gasteiger partial charge in [-0.2, -0.15) is 0 Å². The third kappa shape index (κ3) is 2.08. The number of carbonyl (C=O) groups is 1. The normalized spacial score (nSPS) is 9.71. The smallest absolute Gasteiger partial charge is 0.358 e. The zero-order valence-electron chi connectivity index (χ0n) is 7.60. The van der Waals surface area contributed by atoms with Crippen molar-refractivity contribution in [3.8, 4) is 0 Å². The summed E-state index contributed by atoms with van der Waals surface area (Å²) in [5.41, 5.74) is 0.482. The second-order valence-electron chi connectivity index (χ2n) is 2.39. The lowest BCUT2D eigenvalue weighted by atomic mass is 10.3. The van der Waals surface area contributed by atoms with E-state index in [1.54, 1.807) is 7.05 Å².